The van der Waals surface area contributed by atoms with Gasteiger partial charge in [0.15, 0.2) is 0 Å². The number of carbonyl (C=O) groups excluding carboxylic acids is 2. The van der Waals surface area contributed by atoms with Crippen molar-refractivity contribution in [3.05, 3.63) is 0 Å². The lowest BCUT2D eigenvalue weighted by Crippen LogP contribution is -2.33. The number of halogens is 1. The molecule has 1 heterocycles. The summed E-state index contributed by atoms with van der Waals surface area (Å²) in [6, 6.07) is 0. The molecule has 0 bridgehead atoms. The number of hydrogen-bond donors (Lipinski definition) is 0. The predicted octanol–water partition coefficient (Wildman–Crippen LogP) is 2.43. The Morgan fingerprint density at radius 2 is 1.71 bits per heavy atom. The number of alkyl halides is 1. The van der Waals surface area contributed by atoms with Gasteiger partial charge in [-0.25, -0.2) is 0 Å². The van der Waals surface area contributed by atoms with Gasteiger partial charge in [0.05, 0.1) is 11.8 Å². The van der Waals surface area contributed by atoms with Gasteiger partial charge in [-0.2, -0.15) is 0 Å². The van der Waals surface area contributed by atoms with Crippen molar-refractivity contribution in [3.8, 4) is 0 Å². The predicted molar refractivity (Wildman–Crippen MR) is 66.7 cm³/mol. The van der Waals surface area contributed by atoms with Crippen LogP contribution in [0.5, 0.6) is 0 Å². The molecule has 2 rings (SSSR count). The molecule has 1 saturated carbocycles. The van der Waals surface area contributed by atoms with E-state index in [2.05, 4.69) is 6.92 Å². The van der Waals surface area contributed by atoms with Crippen molar-refractivity contribution in [2.75, 3.05) is 12.4 Å². The Kier molecular flexibility index (Phi) is 4.08. The summed E-state index contributed by atoms with van der Waals surface area (Å²) >= 11 is 5.60. The van der Waals surface area contributed by atoms with Crippen LogP contribution in [0.1, 0.15) is 39.0 Å². The molecule has 2 unspecified atom stereocenters. The highest BCUT2D eigenvalue weighted by atomic mass is 35.5. The fraction of sp³-hybridized carbons (Fsp3) is 0.846. The Balaban J connectivity index is 1.88. The van der Waals surface area contributed by atoms with E-state index in [4.69, 9.17) is 11.6 Å². The molecule has 3 nitrogen and oxygen atoms in total. The lowest BCUT2D eigenvalue weighted by atomic mass is 10.00. The Morgan fingerprint density at radius 1 is 1.12 bits per heavy atom. The zero-order valence-electron chi connectivity index (χ0n) is 10.3. The number of nitrogens with zero attached hydrogens (tertiary/aromatic N) is 1. The highest BCUT2D eigenvalue weighted by molar-refractivity contribution is 6.17. The SMILES string of the molecule is CC1CC2C(=O)N(CCCCCCl)C(=O)C2C1. The third-order valence-electron chi connectivity index (χ3n) is 3.98. The molecular formula is C13H20ClNO2. The number of hydrogen-bond acceptors (Lipinski definition) is 2. The van der Waals surface area contributed by atoms with Gasteiger partial charge in [0, 0.05) is 12.4 Å². The zero-order valence-corrected chi connectivity index (χ0v) is 11.1. The van der Waals surface area contributed by atoms with Crippen molar-refractivity contribution in [1.82, 2.24) is 4.90 Å². The number of rotatable bonds is 5. The number of amides is 2. The second-order valence-electron chi connectivity index (χ2n) is 5.37. The summed E-state index contributed by atoms with van der Waals surface area (Å²) in [6.45, 7) is 2.72. The molecule has 0 spiro atoms. The van der Waals surface area contributed by atoms with Crippen molar-refractivity contribution < 1.29 is 9.59 Å². The van der Waals surface area contributed by atoms with Gasteiger partial charge in [0.25, 0.3) is 0 Å². The summed E-state index contributed by atoms with van der Waals surface area (Å²) in [5, 5.41) is 0. The van der Waals surface area contributed by atoms with E-state index in [1.807, 2.05) is 0 Å². The Bertz CT molecular complexity index is 295. The Labute approximate surface area is 107 Å². The van der Waals surface area contributed by atoms with E-state index in [0.29, 0.717) is 18.3 Å². The molecule has 2 fully saturated rings. The summed E-state index contributed by atoms with van der Waals surface area (Å²) in [5.74, 6) is 1.32. The van der Waals surface area contributed by atoms with Crippen LogP contribution in [0.4, 0.5) is 0 Å². The second-order valence-corrected chi connectivity index (χ2v) is 5.75. The van der Waals surface area contributed by atoms with Crippen LogP contribution in [0.2, 0.25) is 0 Å². The molecule has 96 valence electrons. The second kappa shape index (κ2) is 5.38. The van der Waals surface area contributed by atoms with E-state index in [-0.39, 0.29) is 23.7 Å². The fourth-order valence-electron chi connectivity index (χ4n) is 3.11. The molecule has 1 aliphatic heterocycles. The van der Waals surface area contributed by atoms with Gasteiger partial charge >= 0.3 is 0 Å². The first-order valence-electron chi connectivity index (χ1n) is 6.56. The number of likely N-dealkylation sites (tertiary alicyclic amines) is 1. The van der Waals surface area contributed by atoms with Gasteiger partial charge < -0.3 is 0 Å². The van der Waals surface area contributed by atoms with Gasteiger partial charge in [-0.1, -0.05) is 13.3 Å². The lowest BCUT2D eigenvalue weighted by molar-refractivity contribution is -0.140. The molecule has 0 N–H and O–H groups in total. The van der Waals surface area contributed by atoms with Crippen LogP contribution in [-0.4, -0.2) is 29.1 Å². The molecule has 1 aliphatic carbocycles. The molecule has 0 aromatic rings. The number of imide groups is 1. The maximum atomic E-state index is 12.1. The Hall–Kier alpha value is -0.570. The third kappa shape index (κ3) is 2.49. The molecule has 1 saturated heterocycles. The zero-order chi connectivity index (χ0) is 12.4. The van der Waals surface area contributed by atoms with Gasteiger partial charge in [0.1, 0.15) is 0 Å². The van der Waals surface area contributed by atoms with Crippen LogP contribution in [0.3, 0.4) is 0 Å². The number of fused-ring (bicyclic) bond motifs is 1. The molecule has 2 amide bonds. The van der Waals surface area contributed by atoms with Gasteiger partial charge in [-0.3, -0.25) is 14.5 Å². The molecule has 4 heteroatoms. The normalized spacial score (nSPS) is 32.4. The minimum absolute atomic E-state index is 0.00877. The summed E-state index contributed by atoms with van der Waals surface area (Å²) in [5.41, 5.74) is 0. The van der Waals surface area contributed by atoms with Crippen molar-refractivity contribution in [2.24, 2.45) is 17.8 Å². The first-order valence-corrected chi connectivity index (χ1v) is 7.09. The molecular weight excluding hydrogens is 238 g/mol. The maximum absolute atomic E-state index is 12.1. The van der Waals surface area contributed by atoms with Crippen molar-refractivity contribution >= 4 is 23.4 Å². The van der Waals surface area contributed by atoms with E-state index >= 15 is 0 Å². The number of carbonyl (C=O) groups is 2. The number of unbranched alkanes of at least 4 members (excludes halogenated alkanes) is 2. The topological polar surface area (TPSA) is 37.4 Å². The average molecular weight is 258 g/mol. The van der Waals surface area contributed by atoms with E-state index in [1.54, 1.807) is 0 Å². The van der Waals surface area contributed by atoms with E-state index in [9.17, 15) is 9.59 Å². The molecule has 17 heavy (non-hydrogen) atoms. The monoisotopic (exact) mass is 257 g/mol. The van der Waals surface area contributed by atoms with Crippen LogP contribution in [0.25, 0.3) is 0 Å². The standard InChI is InChI=1S/C13H20ClNO2/c1-9-7-10-11(8-9)13(17)15(12(10)16)6-4-2-3-5-14/h9-11H,2-8H2,1H3. The molecule has 0 aromatic carbocycles. The molecule has 0 aromatic heterocycles. The van der Waals surface area contributed by atoms with E-state index < -0.39 is 0 Å². The highest BCUT2D eigenvalue weighted by Gasteiger charge is 2.51. The first-order chi connectivity index (χ1) is 8.15. The summed E-state index contributed by atoms with van der Waals surface area (Å²) < 4.78 is 0. The van der Waals surface area contributed by atoms with Crippen LogP contribution < -0.4 is 0 Å². The van der Waals surface area contributed by atoms with Crippen molar-refractivity contribution in [3.63, 3.8) is 0 Å². The summed E-state index contributed by atoms with van der Waals surface area (Å²) in [4.78, 5) is 25.7. The maximum Gasteiger partial charge on any atom is 0.233 e. The van der Waals surface area contributed by atoms with Gasteiger partial charge in [-0.05, 0) is 31.6 Å². The van der Waals surface area contributed by atoms with E-state index in [1.165, 1.54) is 4.90 Å². The smallest absolute Gasteiger partial charge is 0.233 e. The minimum Gasteiger partial charge on any atom is -0.282 e. The van der Waals surface area contributed by atoms with Crippen LogP contribution >= 0.6 is 11.6 Å². The summed E-state index contributed by atoms with van der Waals surface area (Å²) in [6.07, 6.45) is 4.63. The quantitative estimate of drug-likeness (QED) is 0.431. The van der Waals surface area contributed by atoms with E-state index in [0.717, 1.165) is 32.1 Å². The van der Waals surface area contributed by atoms with Gasteiger partial charge in [-0.15, -0.1) is 11.6 Å². The van der Waals surface area contributed by atoms with Gasteiger partial charge in [0.2, 0.25) is 11.8 Å². The average Bonchev–Trinajstić information content (AvgIpc) is 2.77. The largest absolute Gasteiger partial charge is 0.282 e. The first kappa shape index (κ1) is 12.9. The molecule has 0 radical (unpaired) electrons. The van der Waals surface area contributed by atoms with Crippen molar-refractivity contribution in [1.29, 1.82) is 0 Å². The van der Waals surface area contributed by atoms with Crippen molar-refractivity contribution in [2.45, 2.75) is 39.0 Å². The highest BCUT2D eigenvalue weighted by Crippen LogP contribution is 2.42. The third-order valence-corrected chi connectivity index (χ3v) is 4.25. The lowest BCUT2D eigenvalue weighted by Gasteiger charge is -2.16. The van der Waals surface area contributed by atoms with Crippen LogP contribution in [-0.2, 0) is 9.59 Å². The van der Waals surface area contributed by atoms with Crippen LogP contribution in [0, 0.1) is 17.8 Å². The fourth-order valence-corrected chi connectivity index (χ4v) is 3.30. The molecule has 2 aliphatic rings. The van der Waals surface area contributed by atoms with Crippen LogP contribution in [0.15, 0.2) is 0 Å². The minimum atomic E-state index is -0.00877. The molecule has 2 atom stereocenters. The summed E-state index contributed by atoms with van der Waals surface area (Å²) in [7, 11) is 0. The Morgan fingerprint density at radius 3 is 2.24 bits per heavy atom.